The molecule has 23 heavy (non-hydrogen) atoms. The van der Waals surface area contributed by atoms with Crippen molar-refractivity contribution >= 4 is 33.2 Å². The SMILES string of the molecule is Cc1nnc2ccc(N3CCN(c4ccc(Br)cn4)CC3)nn12. The summed E-state index contributed by atoms with van der Waals surface area (Å²) in [5.74, 6) is 2.79. The molecule has 0 aromatic carbocycles. The Morgan fingerprint density at radius 3 is 2.30 bits per heavy atom. The number of rotatable bonds is 2. The fourth-order valence-electron chi connectivity index (χ4n) is 2.77. The van der Waals surface area contributed by atoms with Crippen LogP contribution in [0, 0.1) is 6.92 Å². The van der Waals surface area contributed by atoms with Gasteiger partial charge in [0.05, 0.1) is 0 Å². The van der Waals surface area contributed by atoms with E-state index in [1.807, 2.05) is 37.4 Å². The summed E-state index contributed by atoms with van der Waals surface area (Å²) in [6.45, 7) is 5.59. The van der Waals surface area contributed by atoms with E-state index in [0.717, 1.165) is 53.8 Å². The summed E-state index contributed by atoms with van der Waals surface area (Å²) >= 11 is 3.42. The first kappa shape index (κ1) is 14.4. The van der Waals surface area contributed by atoms with E-state index in [1.165, 1.54) is 0 Å². The maximum Gasteiger partial charge on any atom is 0.178 e. The van der Waals surface area contributed by atoms with Crippen LogP contribution in [0.3, 0.4) is 0 Å². The summed E-state index contributed by atoms with van der Waals surface area (Å²) in [7, 11) is 0. The number of piperazine rings is 1. The number of halogens is 1. The molecular weight excluding hydrogens is 358 g/mol. The van der Waals surface area contributed by atoms with Gasteiger partial charge in [-0.05, 0) is 47.1 Å². The van der Waals surface area contributed by atoms with Gasteiger partial charge in [0.25, 0.3) is 0 Å². The standard InChI is InChI=1S/C15H16BrN7/c1-11-18-19-14-4-5-15(20-23(11)14)22-8-6-21(7-9-22)13-3-2-12(16)10-17-13/h2-5,10H,6-9H2,1H3. The topological polar surface area (TPSA) is 62.5 Å². The quantitative estimate of drug-likeness (QED) is 0.683. The fourth-order valence-corrected chi connectivity index (χ4v) is 3.01. The fraction of sp³-hybridized carbons (Fsp3) is 0.333. The molecule has 0 saturated carbocycles. The lowest BCUT2D eigenvalue weighted by atomic mass is 10.3. The third-order valence-corrected chi connectivity index (χ3v) is 4.51. The third-order valence-electron chi connectivity index (χ3n) is 4.04. The van der Waals surface area contributed by atoms with Crippen LogP contribution in [-0.2, 0) is 0 Å². The van der Waals surface area contributed by atoms with Gasteiger partial charge < -0.3 is 9.80 Å². The van der Waals surface area contributed by atoms with Crippen molar-refractivity contribution in [2.24, 2.45) is 0 Å². The van der Waals surface area contributed by atoms with E-state index in [2.05, 4.69) is 46.0 Å². The molecule has 1 aliphatic heterocycles. The molecule has 118 valence electrons. The van der Waals surface area contributed by atoms with Gasteiger partial charge in [0.15, 0.2) is 11.5 Å². The Balaban J connectivity index is 1.49. The van der Waals surface area contributed by atoms with E-state index in [1.54, 1.807) is 4.52 Å². The summed E-state index contributed by atoms with van der Waals surface area (Å²) < 4.78 is 2.79. The van der Waals surface area contributed by atoms with Gasteiger partial charge in [-0.2, -0.15) is 4.52 Å². The molecule has 0 bridgehead atoms. The Hall–Kier alpha value is -2.22. The van der Waals surface area contributed by atoms with Crippen LogP contribution >= 0.6 is 15.9 Å². The zero-order valence-corrected chi connectivity index (χ0v) is 14.3. The lowest BCUT2D eigenvalue weighted by Gasteiger charge is -2.35. The predicted octanol–water partition coefficient (Wildman–Crippen LogP) is 1.92. The van der Waals surface area contributed by atoms with Gasteiger partial charge in [-0.3, -0.25) is 0 Å². The van der Waals surface area contributed by atoms with Crippen LogP contribution in [0.2, 0.25) is 0 Å². The first-order valence-corrected chi connectivity index (χ1v) is 8.30. The average Bonchev–Trinajstić information content (AvgIpc) is 2.96. The zero-order chi connectivity index (χ0) is 15.8. The smallest absolute Gasteiger partial charge is 0.178 e. The summed E-state index contributed by atoms with van der Waals surface area (Å²) in [6.07, 6.45) is 1.84. The Bertz CT molecular complexity index is 821. The van der Waals surface area contributed by atoms with E-state index in [9.17, 15) is 0 Å². The second-order valence-electron chi connectivity index (χ2n) is 5.52. The van der Waals surface area contributed by atoms with E-state index < -0.39 is 0 Å². The molecule has 4 rings (SSSR count). The highest BCUT2D eigenvalue weighted by Crippen LogP contribution is 2.19. The number of hydrogen-bond donors (Lipinski definition) is 0. The molecule has 0 atom stereocenters. The molecule has 7 nitrogen and oxygen atoms in total. The number of aromatic nitrogens is 5. The van der Waals surface area contributed by atoms with Crippen molar-refractivity contribution in [2.75, 3.05) is 36.0 Å². The van der Waals surface area contributed by atoms with Crippen LogP contribution < -0.4 is 9.80 Å². The Labute approximate surface area is 142 Å². The van der Waals surface area contributed by atoms with Gasteiger partial charge in [0.2, 0.25) is 0 Å². The number of hydrogen-bond acceptors (Lipinski definition) is 6. The van der Waals surface area contributed by atoms with Gasteiger partial charge in [-0.15, -0.1) is 15.3 Å². The summed E-state index contributed by atoms with van der Waals surface area (Å²) in [5.41, 5.74) is 0.781. The van der Waals surface area contributed by atoms with Crippen molar-refractivity contribution in [2.45, 2.75) is 6.92 Å². The number of aryl methyl sites for hydroxylation is 1. The van der Waals surface area contributed by atoms with Gasteiger partial charge in [-0.25, -0.2) is 4.98 Å². The number of fused-ring (bicyclic) bond motifs is 1. The highest BCUT2D eigenvalue weighted by molar-refractivity contribution is 9.10. The number of pyridine rings is 1. The van der Waals surface area contributed by atoms with Crippen molar-refractivity contribution in [1.29, 1.82) is 0 Å². The van der Waals surface area contributed by atoms with Crippen molar-refractivity contribution in [3.05, 3.63) is 40.8 Å². The zero-order valence-electron chi connectivity index (χ0n) is 12.7. The third kappa shape index (κ3) is 2.74. The van der Waals surface area contributed by atoms with Crippen LogP contribution in [-0.4, -0.2) is 51.0 Å². The monoisotopic (exact) mass is 373 g/mol. The second kappa shape index (κ2) is 5.77. The molecule has 4 heterocycles. The van der Waals surface area contributed by atoms with Crippen LogP contribution in [0.25, 0.3) is 5.65 Å². The molecule has 8 heteroatoms. The molecule has 3 aromatic rings. The molecule has 0 radical (unpaired) electrons. The van der Waals surface area contributed by atoms with Crippen molar-refractivity contribution in [1.82, 2.24) is 24.8 Å². The lowest BCUT2D eigenvalue weighted by Crippen LogP contribution is -2.47. The van der Waals surface area contributed by atoms with E-state index in [0.29, 0.717) is 0 Å². The first-order chi connectivity index (χ1) is 11.2. The molecule has 0 spiro atoms. The normalized spacial score (nSPS) is 15.4. The largest absolute Gasteiger partial charge is 0.353 e. The minimum atomic E-state index is 0.781. The van der Waals surface area contributed by atoms with Crippen LogP contribution in [0.5, 0.6) is 0 Å². The second-order valence-corrected chi connectivity index (χ2v) is 6.43. The molecule has 3 aromatic heterocycles. The molecule has 0 aliphatic carbocycles. The first-order valence-electron chi connectivity index (χ1n) is 7.51. The van der Waals surface area contributed by atoms with Crippen LogP contribution in [0.4, 0.5) is 11.6 Å². The van der Waals surface area contributed by atoms with E-state index in [-0.39, 0.29) is 0 Å². The highest BCUT2D eigenvalue weighted by Gasteiger charge is 2.19. The molecule has 1 aliphatic rings. The Kier molecular flexibility index (Phi) is 3.60. The van der Waals surface area contributed by atoms with Crippen molar-refractivity contribution in [3.8, 4) is 0 Å². The van der Waals surface area contributed by atoms with Gasteiger partial charge in [-0.1, -0.05) is 0 Å². The van der Waals surface area contributed by atoms with Gasteiger partial charge in [0, 0.05) is 36.8 Å². The summed E-state index contributed by atoms with van der Waals surface area (Å²) in [5, 5.41) is 12.8. The van der Waals surface area contributed by atoms with Crippen LogP contribution in [0.15, 0.2) is 34.9 Å². The maximum absolute atomic E-state index is 4.65. The highest BCUT2D eigenvalue weighted by atomic mass is 79.9. The lowest BCUT2D eigenvalue weighted by molar-refractivity contribution is 0.635. The van der Waals surface area contributed by atoms with E-state index >= 15 is 0 Å². The maximum atomic E-state index is 4.65. The minimum Gasteiger partial charge on any atom is -0.353 e. The van der Waals surface area contributed by atoms with Crippen molar-refractivity contribution in [3.63, 3.8) is 0 Å². The predicted molar refractivity (Wildman–Crippen MR) is 91.9 cm³/mol. The Morgan fingerprint density at radius 1 is 0.913 bits per heavy atom. The van der Waals surface area contributed by atoms with Gasteiger partial charge in [0.1, 0.15) is 11.6 Å². The van der Waals surface area contributed by atoms with Gasteiger partial charge >= 0.3 is 0 Å². The van der Waals surface area contributed by atoms with Crippen molar-refractivity contribution < 1.29 is 0 Å². The molecule has 0 amide bonds. The summed E-state index contributed by atoms with van der Waals surface area (Å²) in [4.78, 5) is 9.05. The molecule has 0 unspecified atom stereocenters. The average molecular weight is 374 g/mol. The summed E-state index contributed by atoms with van der Waals surface area (Å²) in [6, 6.07) is 8.05. The van der Waals surface area contributed by atoms with E-state index in [4.69, 9.17) is 0 Å². The molecule has 1 saturated heterocycles. The van der Waals surface area contributed by atoms with Crippen LogP contribution in [0.1, 0.15) is 5.82 Å². The molecule has 0 N–H and O–H groups in total. The Morgan fingerprint density at radius 2 is 1.61 bits per heavy atom. The molecular formula is C15H16BrN7. The molecule has 1 fully saturated rings. The number of nitrogens with zero attached hydrogens (tertiary/aromatic N) is 7. The minimum absolute atomic E-state index is 0.781. The number of anilines is 2.